The van der Waals surface area contributed by atoms with Crippen molar-refractivity contribution in [3.8, 4) is 0 Å². The first-order valence-electron chi connectivity index (χ1n) is 6.45. The third-order valence-corrected chi connectivity index (χ3v) is 3.49. The van der Waals surface area contributed by atoms with Gasteiger partial charge in [-0.05, 0) is 37.5 Å². The Hall–Kier alpha value is -1.26. The predicted octanol–water partition coefficient (Wildman–Crippen LogP) is 2.11. The lowest BCUT2D eigenvalue weighted by Crippen LogP contribution is -2.36. The molecule has 2 rings (SSSR count). The van der Waals surface area contributed by atoms with E-state index >= 15 is 0 Å². The monoisotopic (exact) mass is 282 g/mol. The molecule has 0 aliphatic heterocycles. The Morgan fingerprint density at radius 2 is 2.26 bits per heavy atom. The zero-order valence-electron chi connectivity index (χ0n) is 11.2. The second-order valence-corrected chi connectivity index (χ2v) is 5.49. The molecule has 0 saturated heterocycles. The van der Waals surface area contributed by atoms with E-state index in [0.29, 0.717) is 11.1 Å². The lowest BCUT2D eigenvalue weighted by molar-refractivity contribution is -0.119. The first-order chi connectivity index (χ1) is 8.97. The third-order valence-electron chi connectivity index (χ3n) is 3.19. The number of carbonyl (C=O) groups is 1. The van der Waals surface area contributed by atoms with Crippen LogP contribution in [0.3, 0.4) is 0 Å². The van der Waals surface area contributed by atoms with Gasteiger partial charge >= 0.3 is 0 Å². The maximum Gasteiger partial charge on any atom is 0.239 e. The summed E-state index contributed by atoms with van der Waals surface area (Å²) in [6.45, 7) is 1.97. The highest BCUT2D eigenvalue weighted by molar-refractivity contribution is 6.33. The van der Waals surface area contributed by atoms with E-state index in [1.807, 2.05) is 24.1 Å². The Kier molecular flexibility index (Phi) is 4.32. The molecule has 0 unspecified atom stereocenters. The smallest absolute Gasteiger partial charge is 0.239 e. The van der Waals surface area contributed by atoms with E-state index in [9.17, 15) is 9.90 Å². The normalized spacial score (nSPS) is 16.0. The highest BCUT2D eigenvalue weighted by Crippen LogP contribution is 2.28. The molecule has 1 aromatic rings. The van der Waals surface area contributed by atoms with Gasteiger partial charge in [0.1, 0.15) is 0 Å². The number of likely N-dealkylation sites (N-methyl/N-ethyl adjacent to an activating group) is 1. The number of hydrogen-bond acceptors (Lipinski definition) is 3. The van der Waals surface area contributed by atoms with Crippen LogP contribution in [0.5, 0.6) is 0 Å². The van der Waals surface area contributed by atoms with E-state index in [-0.39, 0.29) is 12.5 Å². The highest BCUT2D eigenvalue weighted by Gasteiger charge is 2.23. The van der Waals surface area contributed by atoms with E-state index in [2.05, 4.69) is 5.32 Å². The molecular weight excluding hydrogens is 264 g/mol. The molecule has 1 aromatic carbocycles. The summed E-state index contributed by atoms with van der Waals surface area (Å²) in [5, 5.41) is 13.0. The molecular formula is C14H19ClN2O2. The van der Waals surface area contributed by atoms with Crippen LogP contribution in [-0.2, 0) is 4.79 Å². The van der Waals surface area contributed by atoms with Crippen LogP contribution in [0.2, 0.25) is 5.02 Å². The van der Waals surface area contributed by atoms with Gasteiger partial charge in [-0.15, -0.1) is 0 Å². The number of aliphatic hydroxyl groups excluding tert-OH is 1. The Balaban J connectivity index is 2.01. The second kappa shape index (κ2) is 5.80. The second-order valence-electron chi connectivity index (χ2n) is 5.08. The van der Waals surface area contributed by atoms with Crippen LogP contribution < -0.4 is 10.2 Å². The van der Waals surface area contributed by atoms with Crippen LogP contribution in [0.4, 0.5) is 5.69 Å². The maximum absolute atomic E-state index is 11.7. The number of hydrogen-bond donors (Lipinski definition) is 2. The quantitative estimate of drug-likeness (QED) is 0.870. The fourth-order valence-electron chi connectivity index (χ4n) is 1.89. The summed E-state index contributed by atoms with van der Waals surface area (Å²) in [6.07, 6.45) is 1.62. The Morgan fingerprint density at radius 3 is 2.79 bits per heavy atom. The van der Waals surface area contributed by atoms with E-state index < -0.39 is 6.10 Å². The zero-order chi connectivity index (χ0) is 14.0. The molecule has 104 valence electrons. The number of nitrogens with zero attached hydrogens (tertiary/aromatic N) is 1. The fraction of sp³-hybridized carbons (Fsp3) is 0.500. The van der Waals surface area contributed by atoms with Gasteiger partial charge in [0.2, 0.25) is 5.91 Å². The average Bonchev–Trinajstić information content (AvgIpc) is 3.12. The third kappa shape index (κ3) is 3.85. The largest absolute Gasteiger partial charge is 0.389 e. The Morgan fingerprint density at radius 1 is 1.58 bits per heavy atom. The van der Waals surface area contributed by atoms with Crippen molar-refractivity contribution in [3.63, 3.8) is 0 Å². The minimum atomic E-state index is -0.546. The van der Waals surface area contributed by atoms with Gasteiger partial charge in [0.05, 0.1) is 23.4 Å². The van der Waals surface area contributed by atoms with Gasteiger partial charge in [-0.3, -0.25) is 4.79 Å². The van der Waals surface area contributed by atoms with Gasteiger partial charge in [0.25, 0.3) is 0 Å². The van der Waals surface area contributed by atoms with Crippen molar-refractivity contribution >= 4 is 23.2 Å². The number of anilines is 1. The van der Waals surface area contributed by atoms with Crippen molar-refractivity contribution in [2.75, 3.05) is 18.5 Å². The summed E-state index contributed by atoms with van der Waals surface area (Å²) in [6, 6.07) is 5.75. The van der Waals surface area contributed by atoms with E-state index in [0.717, 1.165) is 24.1 Å². The molecule has 5 heteroatoms. The zero-order valence-corrected chi connectivity index (χ0v) is 11.9. The van der Waals surface area contributed by atoms with Crippen LogP contribution in [-0.4, -0.2) is 30.6 Å². The van der Waals surface area contributed by atoms with Gasteiger partial charge in [0.15, 0.2) is 0 Å². The van der Waals surface area contributed by atoms with E-state index in [1.165, 1.54) is 0 Å². The number of nitrogens with one attached hydrogen (secondary N) is 1. The summed E-state index contributed by atoms with van der Waals surface area (Å²) in [7, 11) is 1.83. The highest BCUT2D eigenvalue weighted by atomic mass is 35.5. The van der Waals surface area contributed by atoms with Gasteiger partial charge < -0.3 is 15.3 Å². The molecule has 1 saturated carbocycles. The maximum atomic E-state index is 11.7. The van der Waals surface area contributed by atoms with Crippen molar-refractivity contribution in [2.24, 2.45) is 0 Å². The molecule has 4 nitrogen and oxygen atoms in total. The van der Waals surface area contributed by atoms with Crippen molar-refractivity contribution in [1.82, 2.24) is 5.32 Å². The van der Waals surface area contributed by atoms with Crippen molar-refractivity contribution in [3.05, 3.63) is 28.8 Å². The predicted molar refractivity (Wildman–Crippen MR) is 76.5 cm³/mol. The Bertz CT molecular complexity index is 473. The number of amides is 1. The molecule has 1 aliphatic carbocycles. The topological polar surface area (TPSA) is 52.6 Å². The molecule has 0 spiro atoms. The first kappa shape index (κ1) is 14.2. The molecule has 0 bridgehead atoms. The van der Waals surface area contributed by atoms with Crippen molar-refractivity contribution in [1.29, 1.82) is 0 Å². The molecule has 0 radical (unpaired) electrons. The minimum absolute atomic E-state index is 0.0145. The number of halogens is 1. The molecule has 0 aromatic heterocycles. The molecule has 2 N–H and O–H groups in total. The summed E-state index contributed by atoms with van der Waals surface area (Å²) in [5.41, 5.74) is 1.56. The van der Waals surface area contributed by atoms with Crippen LogP contribution in [0.15, 0.2) is 18.2 Å². The van der Waals surface area contributed by atoms with Gasteiger partial charge in [-0.2, -0.15) is 0 Å². The summed E-state index contributed by atoms with van der Waals surface area (Å²) >= 11 is 6.19. The molecule has 1 amide bonds. The summed E-state index contributed by atoms with van der Waals surface area (Å²) < 4.78 is 0. The van der Waals surface area contributed by atoms with Crippen molar-refractivity contribution < 1.29 is 9.90 Å². The molecule has 0 heterocycles. The van der Waals surface area contributed by atoms with Crippen LogP contribution in [0, 0.1) is 0 Å². The average molecular weight is 283 g/mol. The summed E-state index contributed by atoms with van der Waals surface area (Å²) in [4.78, 5) is 13.5. The van der Waals surface area contributed by atoms with Gasteiger partial charge in [-0.1, -0.05) is 17.7 Å². The Labute approximate surface area is 118 Å². The minimum Gasteiger partial charge on any atom is -0.389 e. The summed E-state index contributed by atoms with van der Waals surface area (Å²) in [5.74, 6) is 0.0145. The van der Waals surface area contributed by atoms with E-state index in [1.54, 1.807) is 13.0 Å². The molecule has 1 fully saturated rings. The fourth-order valence-corrected chi connectivity index (χ4v) is 2.23. The van der Waals surface area contributed by atoms with Crippen molar-refractivity contribution in [2.45, 2.75) is 31.9 Å². The molecule has 19 heavy (non-hydrogen) atoms. The number of aliphatic hydroxyl groups is 1. The lowest BCUT2D eigenvalue weighted by Gasteiger charge is -2.21. The molecule has 1 atom stereocenters. The number of carbonyl (C=O) groups excluding carboxylic acids is 1. The van der Waals surface area contributed by atoms with E-state index in [4.69, 9.17) is 11.6 Å². The van der Waals surface area contributed by atoms with Crippen LogP contribution >= 0.6 is 11.6 Å². The standard InChI is InChI=1S/C14H19ClN2O2/c1-9(18)10-3-6-13(12(15)7-10)17(2)8-14(19)16-11-4-5-11/h3,6-7,9,11,18H,4-5,8H2,1-2H3,(H,16,19)/t9-/m1/s1. The van der Waals surface area contributed by atoms with Crippen LogP contribution in [0.1, 0.15) is 31.4 Å². The van der Waals surface area contributed by atoms with Crippen LogP contribution in [0.25, 0.3) is 0 Å². The molecule has 1 aliphatic rings. The number of benzene rings is 1. The SMILES string of the molecule is C[C@@H](O)c1ccc(N(C)CC(=O)NC2CC2)c(Cl)c1. The van der Waals surface area contributed by atoms with Gasteiger partial charge in [0, 0.05) is 13.1 Å². The van der Waals surface area contributed by atoms with Gasteiger partial charge in [-0.25, -0.2) is 0 Å². The number of rotatable bonds is 5. The lowest BCUT2D eigenvalue weighted by atomic mass is 10.1. The first-order valence-corrected chi connectivity index (χ1v) is 6.83.